The molecule has 1 aromatic rings. The Labute approximate surface area is 176 Å². The second kappa shape index (κ2) is 9.86. The molecule has 162 valence electrons. The van der Waals surface area contributed by atoms with Crippen LogP contribution in [0.5, 0.6) is 5.75 Å². The molecule has 1 aromatic carbocycles. The number of carbonyl (C=O) groups excluding carboxylic acids is 2. The molecule has 2 heterocycles. The number of amides is 2. The van der Waals surface area contributed by atoms with E-state index in [9.17, 15) is 18.0 Å². The minimum absolute atomic E-state index is 0.0532. The largest absolute Gasteiger partial charge is 0.497 e. The third-order valence-electron chi connectivity index (χ3n) is 5.09. The number of nitrogens with one attached hydrogen (secondary N) is 1. The van der Waals surface area contributed by atoms with Crippen molar-refractivity contribution in [2.45, 2.75) is 6.42 Å². The van der Waals surface area contributed by atoms with Gasteiger partial charge in [-0.2, -0.15) is 4.31 Å². The number of rotatable bonds is 8. The maximum absolute atomic E-state index is 12.6. The standard InChI is InChI=1S/C20H26N4O5S/c1-29-17-7-5-16(6-8-17)23-11-13-24(14-12-23)30(27,28)15-3-10-22-20(26)18-4-2-9-21-19(18)25/h2,4-9,18H,3,10-15H2,1H3,(H,22,26). The molecule has 3 rings (SSSR count). The van der Waals surface area contributed by atoms with Gasteiger partial charge in [0.1, 0.15) is 11.7 Å². The molecule has 1 saturated heterocycles. The van der Waals surface area contributed by atoms with E-state index in [0.29, 0.717) is 26.2 Å². The molecule has 2 amide bonds. The average Bonchev–Trinajstić information content (AvgIpc) is 2.77. The minimum Gasteiger partial charge on any atom is -0.497 e. The van der Waals surface area contributed by atoms with Gasteiger partial charge in [0.15, 0.2) is 0 Å². The number of carbonyl (C=O) groups is 2. The Balaban J connectivity index is 1.41. The van der Waals surface area contributed by atoms with Gasteiger partial charge in [-0.1, -0.05) is 6.08 Å². The van der Waals surface area contributed by atoms with Crippen LogP contribution in [-0.2, 0) is 19.6 Å². The van der Waals surface area contributed by atoms with Gasteiger partial charge >= 0.3 is 0 Å². The molecule has 1 unspecified atom stereocenters. The number of hydrogen-bond acceptors (Lipinski definition) is 6. The van der Waals surface area contributed by atoms with Crippen molar-refractivity contribution in [3.8, 4) is 5.75 Å². The Bertz CT molecular complexity index is 919. The summed E-state index contributed by atoms with van der Waals surface area (Å²) in [6.07, 6.45) is 4.64. The molecule has 1 atom stereocenters. The van der Waals surface area contributed by atoms with Gasteiger partial charge in [-0.3, -0.25) is 9.59 Å². The number of benzene rings is 1. The number of ether oxygens (including phenoxy) is 1. The molecule has 0 spiro atoms. The Kier molecular flexibility index (Phi) is 7.22. The van der Waals surface area contributed by atoms with E-state index in [-0.39, 0.29) is 18.7 Å². The van der Waals surface area contributed by atoms with Crippen LogP contribution in [0.25, 0.3) is 0 Å². The predicted octanol–water partition coefficient (Wildman–Crippen LogP) is 0.437. The summed E-state index contributed by atoms with van der Waals surface area (Å²) in [7, 11) is -1.79. The molecule has 0 bridgehead atoms. The van der Waals surface area contributed by atoms with Crippen LogP contribution < -0.4 is 15.0 Å². The number of aliphatic imine (C=N–C) groups is 1. The molecule has 1 fully saturated rings. The van der Waals surface area contributed by atoms with Crippen LogP contribution in [-0.4, -0.2) is 76.3 Å². The summed E-state index contributed by atoms with van der Waals surface area (Å²) in [4.78, 5) is 29.3. The van der Waals surface area contributed by atoms with Crippen molar-refractivity contribution in [2.24, 2.45) is 10.9 Å². The Hall–Kier alpha value is -2.72. The molecule has 10 heteroatoms. The zero-order chi connectivity index (χ0) is 21.6. The van der Waals surface area contributed by atoms with E-state index in [1.807, 2.05) is 24.3 Å². The van der Waals surface area contributed by atoms with Crippen LogP contribution in [0.2, 0.25) is 0 Å². The van der Waals surface area contributed by atoms with Crippen LogP contribution >= 0.6 is 0 Å². The highest BCUT2D eigenvalue weighted by Crippen LogP contribution is 2.21. The molecule has 2 aliphatic heterocycles. The first-order valence-corrected chi connectivity index (χ1v) is 11.4. The first kappa shape index (κ1) is 22.0. The first-order chi connectivity index (χ1) is 14.4. The first-order valence-electron chi connectivity index (χ1n) is 9.80. The van der Waals surface area contributed by atoms with Crippen LogP contribution in [0.4, 0.5) is 5.69 Å². The topological polar surface area (TPSA) is 108 Å². The fraction of sp³-hybridized carbons (Fsp3) is 0.450. The molecule has 1 N–H and O–H groups in total. The van der Waals surface area contributed by atoms with Crippen LogP contribution in [0.15, 0.2) is 41.4 Å². The molecule has 0 aromatic heterocycles. The number of dihydropyridines is 1. The second-order valence-corrected chi connectivity index (χ2v) is 9.11. The second-order valence-electron chi connectivity index (χ2n) is 7.02. The van der Waals surface area contributed by atoms with Crippen molar-refractivity contribution in [2.75, 3.05) is 50.5 Å². The van der Waals surface area contributed by atoms with Crippen LogP contribution in [0, 0.1) is 5.92 Å². The summed E-state index contributed by atoms with van der Waals surface area (Å²) in [5.74, 6) is -1.18. The van der Waals surface area contributed by atoms with E-state index in [4.69, 9.17) is 4.74 Å². The summed E-state index contributed by atoms with van der Waals surface area (Å²) >= 11 is 0. The maximum atomic E-state index is 12.6. The quantitative estimate of drug-likeness (QED) is 0.470. The number of anilines is 1. The van der Waals surface area contributed by atoms with Crippen LogP contribution in [0.1, 0.15) is 6.42 Å². The Morgan fingerprint density at radius 3 is 2.53 bits per heavy atom. The third-order valence-corrected chi connectivity index (χ3v) is 7.04. The molecule has 30 heavy (non-hydrogen) atoms. The van der Waals surface area contributed by atoms with E-state index in [1.54, 1.807) is 13.2 Å². The number of hydrogen-bond donors (Lipinski definition) is 1. The maximum Gasteiger partial charge on any atom is 0.262 e. The van der Waals surface area contributed by atoms with Gasteiger partial charge in [-0.15, -0.1) is 0 Å². The van der Waals surface area contributed by atoms with E-state index in [2.05, 4.69) is 15.2 Å². The summed E-state index contributed by atoms with van der Waals surface area (Å²) in [6, 6.07) is 7.69. The molecule has 0 aliphatic carbocycles. The van der Waals surface area contributed by atoms with E-state index >= 15 is 0 Å². The number of piperazine rings is 1. The van der Waals surface area contributed by atoms with Crippen molar-refractivity contribution in [1.82, 2.24) is 9.62 Å². The monoisotopic (exact) mass is 434 g/mol. The zero-order valence-corrected chi connectivity index (χ0v) is 17.7. The fourth-order valence-electron chi connectivity index (χ4n) is 3.36. The van der Waals surface area contributed by atoms with Gasteiger partial charge in [-0.25, -0.2) is 13.4 Å². The number of nitrogens with zero attached hydrogens (tertiary/aromatic N) is 3. The molecular formula is C20H26N4O5S. The summed E-state index contributed by atoms with van der Waals surface area (Å²) in [5.41, 5.74) is 1.03. The minimum atomic E-state index is -3.40. The van der Waals surface area contributed by atoms with Gasteiger partial charge in [0.2, 0.25) is 15.9 Å². The zero-order valence-electron chi connectivity index (χ0n) is 16.9. The lowest BCUT2D eigenvalue weighted by atomic mass is 10.1. The van der Waals surface area contributed by atoms with Gasteiger partial charge in [0.25, 0.3) is 5.91 Å². The fourth-order valence-corrected chi connectivity index (χ4v) is 4.85. The van der Waals surface area contributed by atoms with Gasteiger partial charge in [-0.05, 0) is 36.8 Å². The molecule has 2 aliphatic rings. The molecular weight excluding hydrogens is 408 g/mol. The number of methoxy groups -OCH3 is 1. The molecule has 0 radical (unpaired) electrons. The van der Waals surface area contributed by atoms with Crippen molar-refractivity contribution >= 4 is 33.7 Å². The predicted molar refractivity (Wildman–Crippen MR) is 114 cm³/mol. The van der Waals surface area contributed by atoms with E-state index in [0.717, 1.165) is 11.4 Å². The van der Waals surface area contributed by atoms with Crippen molar-refractivity contribution in [3.63, 3.8) is 0 Å². The van der Waals surface area contributed by atoms with Crippen molar-refractivity contribution < 1.29 is 22.7 Å². The lowest BCUT2D eigenvalue weighted by Gasteiger charge is -2.35. The van der Waals surface area contributed by atoms with Crippen molar-refractivity contribution in [3.05, 3.63) is 36.4 Å². The lowest BCUT2D eigenvalue weighted by molar-refractivity contribution is -0.131. The summed E-state index contributed by atoms with van der Waals surface area (Å²) < 4.78 is 31.9. The van der Waals surface area contributed by atoms with Gasteiger partial charge < -0.3 is 15.0 Å². The lowest BCUT2D eigenvalue weighted by Crippen LogP contribution is -2.49. The summed E-state index contributed by atoms with van der Waals surface area (Å²) in [5, 5.41) is 2.61. The van der Waals surface area contributed by atoms with Gasteiger partial charge in [0.05, 0.1) is 12.9 Å². The summed E-state index contributed by atoms with van der Waals surface area (Å²) in [6.45, 7) is 2.24. The smallest absolute Gasteiger partial charge is 0.262 e. The third kappa shape index (κ3) is 5.45. The highest BCUT2D eigenvalue weighted by Gasteiger charge is 2.27. The Morgan fingerprint density at radius 1 is 1.20 bits per heavy atom. The van der Waals surface area contributed by atoms with Crippen LogP contribution in [0.3, 0.4) is 0 Å². The van der Waals surface area contributed by atoms with E-state index in [1.165, 1.54) is 16.6 Å². The highest BCUT2D eigenvalue weighted by atomic mass is 32.2. The van der Waals surface area contributed by atoms with Crippen molar-refractivity contribution in [1.29, 1.82) is 0 Å². The number of sulfonamides is 1. The van der Waals surface area contributed by atoms with Gasteiger partial charge in [0, 0.05) is 44.6 Å². The molecule has 9 nitrogen and oxygen atoms in total. The number of allylic oxidation sites excluding steroid dienone is 1. The molecule has 0 saturated carbocycles. The average molecular weight is 435 g/mol. The Morgan fingerprint density at radius 2 is 1.90 bits per heavy atom. The highest BCUT2D eigenvalue weighted by molar-refractivity contribution is 7.89. The van der Waals surface area contributed by atoms with E-state index < -0.39 is 27.8 Å². The SMILES string of the molecule is COc1ccc(N2CCN(S(=O)(=O)CCCNC(=O)C3C=CC=NC3=O)CC2)cc1. The normalized spacial score (nSPS) is 19.7.